The van der Waals surface area contributed by atoms with E-state index in [9.17, 15) is 8.78 Å². The first-order valence-corrected chi connectivity index (χ1v) is 4.15. The standard InChI is InChI=1S/C10H12F2O/c1-6(2)7-3-4-9(11)10(12)8(7)5-13/h3-4,6,13H,5H2,1-2H3. The highest BCUT2D eigenvalue weighted by Crippen LogP contribution is 2.23. The maximum absolute atomic E-state index is 13.1. The Balaban J connectivity index is 3.30. The van der Waals surface area contributed by atoms with Crippen LogP contribution in [0.3, 0.4) is 0 Å². The first kappa shape index (κ1) is 10.1. The number of halogens is 2. The Morgan fingerprint density at radius 2 is 1.92 bits per heavy atom. The number of benzene rings is 1. The molecule has 0 aliphatic carbocycles. The molecule has 0 aliphatic heterocycles. The summed E-state index contributed by atoms with van der Waals surface area (Å²) < 4.78 is 25.8. The van der Waals surface area contributed by atoms with Gasteiger partial charge in [0.05, 0.1) is 6.61 Å². The highest BCUT2D eigenvalue weighted by atomic mass is 19.2. The van der Waals surface area contributed by atoms with Crippen LogP contribution in [0, 0.1) is 11.6 Å². The van der Waals surface area contributed by atoms with Gasteiger partial charge in [0.25, 0.3) is 0 Å². The molecule has 0 aliphatic rings. The number of hydrogen-bond donors (Lipinski definition) is 1. The van der Waals surface area contributed by atoms with Crippen LogP contribution in [0.1, 0.15) is 30.9 Å². The zero-order chi connectivity index (χ0) is 10.0. The first-order chi connectivity index (χ1) is 6.07. The van der Waals surface area contributed by atoms with E-state index in [0.29, 0.717) is 5.56 Å². The van der Waals surface area contributed by atoms with E-state index in [1.165, 1.54) is 6.07 Å². The fraction of sp³-hybridized carbons (Fsp3) is 0.400. The minimum atomic E-state index is -0.936. The molecule has 1 rings (SSSR count). The third-order valence-electron chi connectivity index (χ3n) is 2.01. The van der Waals surface area contributed by atoms with E-state index in [0.717, 1.165) is 6.07 Å². The van der Waals surface area contributed by atoms with Crippen molar-refractivity contribution in [3.8, 4) is 0 Å². The van der Waals surface area contributed by atoms with Crippen molar-refractivity contribution in [1.82, 2.24) is 0 Å². The van der Waals surface area contributed by atoms with Crippen molar-refractivity contribution in [1.29, 1.82) is 0 Å². The third-order valence-corrected chi connectivity index (χ3v) is 2.01. The molecule has 1 N–H and O–H groups in total. The van der Waals surface area contributed by atoms with Gasteiger partial charge >= 0.3 is 0 Å². The molecule has 0 fully saturated rings. The van der Waals surface area contributed by atoms with Crippen molar-refractivity contribution < 1.29 is 13.9 Å². The third kappa shape index (κ3) is 1.86. The van der Waals surface area contributed by atoms with Crippen LogP contribution in [0.15, 0.2) is 12.1 Å². The molecule has 0 unspecified atom stereocenters. The van der Waals surface area contributed by atoms with E-state index >= 15 is 0 Å². The predicted molar refractivity (Wildman–Crippen MR) is 46.4 cm³/mol. The van der Waals surface area contributed by atoms with E-state index in [4.69, 9.17) is 5.11 Å². The fourth-order valence-electron chi connectivity index (χ4n) is 1.31. The lowest BCUT2D eigenvalue weighted by Gasteiger charge is -2.11. The molecule has 0 spiro atoms. The van der Waals surface area contributed by atoms with E-state index in [2.05, 4.69) is 0 Å². The van der Waals surface area contributed by atoms with Gasteiger partial charge in [-0.1, -0.05) is 19.9 Å². The summed E-state index contributed by atoms with van der Waals surface area (Å²) in [6.45, 7) is 3.27. The molecule has 0 amide bonds. The molecule has 0 heterocycles. The summed E-state index contributed by atoms with van der Waals surface area (Å²) in [5.41, 5.74) is 0.719. The highest BCUT2D eigenvalue weighted by Gasteiger charge is 2.14. The molecule has 0 atom stereocenters. The van der Waals surface area contributed by atoms with Gasteiger partial charge in [0, 0.05) is 5.56 Å². The van der Waals surface area contributed by atoms with Crippen LogP contribution in [-0.2, 0) is 6.61 Å². The Kier molecular flexibility index (Phi) is 2.98. The average molecular weight is 186 g/mol. The Labute approximate surface area is 76.0 Å². The largest absolute Gasteiger partial charge is 0.392 e. The molecule has 1 aromatic carbocycles. The second-order valence-electron chi connectivity index (χ2n) is 3.24. The molecule has 13 heavy (non-hydrogen) atoms. The van der Waals surface area contributed by atoms with Gasteiger partial charge < -0.3 is 5.11 Å². The van der Waals surface area contributed by atoms with Crippen molar-refractivity contribution in [3.63, 3.8) is 0 Å². The number of aliphatic hydroxyl groups is 1. The second-order valence-corrected chi connectivity index (χ2v) is 3.24. The van der Waals surface area contributed by atoms with E-state index < -0.39 is 18.2 Å². The Morgan fingerprint density at radius 3 is 2.38 bits per heavy atom. The van der Waals surface area contributed by atoms with Crippen molar-refractivity contribution >= 4 is 0 Å². The lowest BCUT2D eigenvalue weighted by atomic mass is 9.97. The first-order valence-electron chi connectivity index (χ1n) is 4.15. The smallest absolute Gasteiger partial charge is 0.164 e. The van der Waals surface area contributed by atoms with Crippen molar-refractivity contribution in [2.75, 3.05) is 0 Å². The summed E-state index contributed by atoms with van der Waals surface area (Å²) >= 11 is 0. The summed E-state index contributed by atoms with van der Waals surface area (Å²) in [4.78, 5) is 0. The predicted octanol–water partition coefficient (Wildman–Crippen LogP) is 2.58. The second kappa shape index (κ2) is 3.83. The molecule has 0 saturated heterocycles. The molecule has 0 bridgehead atoms. The molecule has 0 radical (unpaired) electrons. The minimum Gasteiger partial charge on any atom is -0.392 e. The minimum absolute atomic E-state index is 0.0648. The Morgan fingerprint density at radius 1 is 1.31 bits per heavy atom. The molecule has 1 aromatic rings. The van der Waals surface area contributed by atoms with Gasteiger partial charge in [-0.3, -0.25) is 0 Å². The van der Waals surface area contributed by atoms with E-state index in [1.807, 2.05) is 13.8 Å². The van der Waals surface area contributed by atoms with E-state index in [-0.39, 0.29) is 11.5 Å². The molecular weight excluding hydrogens is 174 g/mol. The number of hydrogen-bond acceptors (Lipinski definition) is 1. The monoisotopic (exact) mass is 186 g/mol. The lowest BCUT2D eigenvalue weighted by molar-refractivity contribution is 0.271. The normalized spacial score (nSPS) is 10.9. The number of aliphatic hydroxyl groups excluding tert-OH is 1. The van der Waals surface area contributed by atoms with E-state index in [1.54, 1.807) is 0 Å². The molecule has 72 valence electrons. The van der Waals surface area contributed by atoms with Crippen LogP contribution in [-0.4, -0.2) is 5.11 Å². The van der Waals surface area contributed by atoms with Crippen LogP contribution in [0.25, 0.3) is 0 Å². The van der Waals surface area contributed by atoms with Gasteiger partial charge in [-0.15, -0.1) is 0 Å². The van der Waals surface area contributed by atoms with Crippen LogP contribution < -0.4 is 0 Å². The fourth-order valence-corrected chi connectivity index (χ4v) is 1.31. The SMILES string of the molecule is CC(C)c1ccc(F)c(F)c1CO. The quantitative estimate of drug-likeness (QED) is 0.752. The lowest BCUT2D eigenvalue weighted by Crippen LogP contribution is -2.02. The Bertz CT molecular complexity index is 308. The summed E-state index contributed by atoms with van der Waals surface area (Å²) in [5.74, 6) is -1.76. The highest BCUT2D eigenvalue weighted by molar-refractivity contribution is 5.31. The zero-order valence-corrected chi connectivity index (χ0v) is 7.64. The van der Waals surface area contributed by atoms with Crippen LogP contribution in [0.4, 0.5) is 8.78 Å². The van der Waals surface area contributed by atoms with Crippen molar-refractivity contribution in [2.45, 2.75) is 26.4 Å². The van der Waals surface area contributed by atoms with Gasteiger partial charge in [0.15, 0.2) is 11.6 Å². The summed E-state index contributed by atoms with van der Waals surface area (Å²) in [6, 6.07) is 2.60. The van der Waals surface area contributed by atoms with Gasteiger partial charge in [0.1, 0.15) is 0 Å². The summed E-state index contributed by atoms with van der Waals surface area (Å²) in [7, 11) is 0. The van der Waals surface area contributed by atoms with Crippen molar-refractivity contribution in [3.05, 3.63) is 34.9 Å². The van der Waals surface area contributed by atoms with Gasteiger partial charge in [-0.2, -0.15) is 0 Å². The summed E-state index contributed by atoms with van der Waals surface area (Å²) in [5, 5.41) is 8.87. The van der Waals surface area contributed by atoms with Crippen LogP contribution in [0.5, 0.6) is 0 Å². The average Bonchev–Trinajstić information content (AvgIpc) is 2.09. The summed E-state index contributed by atoms with van der Waals surface area (Å²) in [6.07, 6.45) is 0. The number of rotatable bonds is 2. The molecule has 0 aromatic heterocycles. The van der Waals surface area contributed by atoms with Crippen LogP contribution in [0.2, 0.25) is 0 Å². The Hall–Kier alpha value is -0.960. The molecule has 1 nitrogen and oxygen atoms in total. The van der Waals surface area contributed by atoms with Gasteiger partial charge in [-0.25, -0.2) is 8.78 Å². The van der Waals surface area contributed by atoms with Crippen LogP contribution >= 0.6 is 0 Å². The maximum atomic E-state index is 13.1. The van der Waals surface area contributed by atoms with Crippen molar-refractivity contribution in [2.24, 2.45) is 0 Å². The zero-order valence-electron chi connectivity index (χ0n) is 7.64. The van der Waals surface area contributed by atoms with Gasteiger partial charge in [0.2, 0.25) is 0 Å². The topological polar surface area (TPSA) is 20.2 Å². The molecule has 3 heteroatoms. The van der Waals surface area contributed by atoms with Gasteiger partial charge in [-0.05, 0) is 17.5 Å². The maximum Gasteiger partial charge on any atom is 0.164 e. The molecular formula is C10H12F2O. The molecule has 0 saturated carbocycles.